The van der Waals surface area contributed by atoms with Gasteiger partial charge in [0.2, 0.25) is 0 Å². The molecule has 0 aliphatic heterocycles. The summed E-state index contributed by atoms with van der Waals surface area (Å²) >= 11 is 1.62. The predicted molar refractivity (Wildman–Crippen MR) is 96.8 cm³/mol. The van der Waals surface area contributed by atoms with Gasteiger partial charge < -0.3 is 0 Å². The van der Waals surface area contributed by atoms with Gasteiger partial charge in [-0.25, -0.2) is 9.97 Å². The van der Waals surface area contributed by atoms with E-state index < -0.39 is 0 Å². The highest BCUT2D eigenvalue weighted by Crippen LogP contribution is 2.36. The summed E-state index contributed by atoms with van der Waals surface area (Å²) in [6, 6.07) is 16.4. The Morgan fingerprint density at radius 3 is 2.71 bits per heavy atom. The normalized spacial score (nSPS) is 11.0. The molecule has 4 aromatic rings. The van der Waals surface area contributed by atoms with Crippen LogP contribution in [0.3, 0.4) is 0 Å². The smallest absolute Gasteiger partial charge is 0.151 e. The number of hydrogen-bond donors (Lipinski definition) is 0. The lowest BCUT2D eigenvalue weighted by atomic mass is 10.0. The molecule has 5 heteroatoms. The molecule has 0 spiro atoms. The van der Waals surface area contributed by atoms with E-state index in [4.69, 9.17) is 0 Å². The molecule has 0 saturated heterocycles. The Bertz CT molecular complexity index is 1080. The van der Waals surface area contributed by atoms with Gasteiger partial charge in [0.15, 0.2) is 5.65 Å². The Balaban J connectivity index is 2.07. The molecule has 0 N–H and O–H groups in total. The van der Waals surface area contributed by atoms with E-state index in [1.165, 1.54) is 0 Å². The van der Waals surface area contributed by atoms with Crippen molar-refractivity contribution in [3.63, 3.8) is 0 Å². The first kappa shape index (κ1) is 14.7. The largest absolute Gasteiger partial charge is 0.261 e. The first-order valence-electron chi connectivity index (χ1n) is 7.74. The molecule has 3 heterocycles. The van der Waals surface area contributed by atoms with Crippen LogP contribution in [0.15, 0.2) is 59.8 Å². The molecule has 0 atom stereocenters. The van der Waals surface area contributed by atoms with Crippen LogP contribution in [0, 0.1) is 11.3 Å². The zero-order valence-electron chi connectivity index (χ0n) is 13.1. The molecule has 0 aliphatic carbocycles. The van der Waals surface area contributed by atoms with Crippen molar-refractivity contribution < 1.29 is 0 Å². The van der Waals surface area contributed by atoms with Gasteiger partial charge in [-0.3, -0.25) is 3.97 Å². The molecule has 4 nitrogen and oxygen atoms in total. The van der Waals surface area contributed by atoms with E-state index in [-0.39, 0.29) is 0 Å². The highest BCUT2D eigenvalue weighted by Gasteiger charge is 2.18. The fourth-order valence-corrected chi connectivity index (χ4v) is 3.94. The number of nitriles is 1. The number of rotatable bonds is 3. The quantitative estimate of drug-likeness (QED) is 0.552. The van der Waals surface area contributed by atoms with Crippen molar-refractivity contribution in [2.24, 2.45) is 0 Å². The van der Waals surface area contributed by atoms with Crippen molar-refractivity contribution in [1.82, 2.24) is 13.9 Å². The van der Waals surface area contributed by atoms with Crippen molar-refractivity contribution in [3.8, 4) is 6.07 Å². The third kappa shape index (κ3) is 2.24. The summed E-state index contributed by atoms with van der Waals surface area (Å²) in [6.07, 6.45) is 4.34. The third-order valence-electron chi connectivity index (χ3n) is 4.03. The van der Waals surface area contributed by atoms with Gasteiger partial charge in [0, 0.05) is 21.9 Å². The molecular weight excluding hydrogens is 316 g/mol. The summed E-state index contributed by atoms with van der Waals surface area (Å²) in [5, 5.41) is 11.5. The van der Waals surface area contributed by atoms with Crippen LogP contribution in [-0.4, -0.2) is 13.9 Å². The number of fused-ring (bicyclic) bond motifs is 3. The minimum absolute atomic E-state index is 0.498. The summed E-state index contributed by atoms with van der Waals surface area (Å²) in [4.78, 5) is 10.1. The maximum atomic E-state index is 9.38. The van der Waals surface area contributed by atoms with Gasteiger partial charge >= 0.3 is 0 Å². The van der Waals surface area contributed by atoms with Gasteiger partial charge in [-0.15, -0.1) is 0 Å². The lowest BCUT2D eigenvalue weighted by molar-refractivity contribution is 1.10. The summed E-state index contributed by atoms with van der Waals surface area (Å²) in [5.74, 6) is 0. The predicted octanol–water partition coefficient (Wildman–Crippen LogP) is 4.57. The van der Waals surface area contributed by atoms with Gasteiger partial charge in [0.05, 0.1) is 11.7 Å². The summed E-state index contributed by atoms with van der Waals surface area (Å²) < 4.78 is 2.10. The molecule has 0 fully saturated rings. The fourth-order valence-electron chi connectivity index (χ4n) is 2.98. The van der Waals surface area contributed by atoms with Crippen LogP contribution in [-0.2, 0) is 6.42 Å². The molecule has 0 unspecified atom stereocenters. The van der Waals surface area contributed by atoms with E-state index in [1.54, 1.807) is 24.3 Å². The summed E-state index contributed by atoms with van der Waals surface area (Å²) in [5.41, 5.74) is 3.37. The number of hydrogen-bond acceptors (Lipinski definition) is 4. The number of aryl methyl sites for hydroxylation is 1. The van der Waals surface area contributed by atoms with Crippen LogP contribution >= 0.6 is 11.9 Å². The average molecular weight is 330 g/mol. The molecule has 0 amide bonds. The topological polar surface area (TPSA) is 54.5 Å². The second kappa shape index (κ2) is 5.99. The zero-order valence-corrected chi connectivity index (χ0v) is 13.9. The molecule has 4 rings (SSSR count). The highest BCUT2D eigenvalue weighted by atomic mass is 32.2. The Labute approximate surface area is 143 Å². The molecular formula is C19H14N4S. The number of aromatic nitrogens is 3. The Morgan fingerprint density at radius 2 is 1.96 bits per heavy atom. The van der Waals surface area contributed by atoms with Crippen molar-refractivity contribution in [1.29, 1.82) is 5.26 Å². The standard InChI is InChI=1S/C19H14N4S/c1-2-14-16(11-20)22-12-17-18(14)15-9-6-10-21-19(15)23(17)24-13-7-4-3-5-8-13/h3-10,12H,2H2,1H3. The third-order valence-corrected chi connectivity index (χ3v) is 5.06. The molecule has 0 saturated carbocycles. The van der Waals surface area contributed by atoms with Crippen LogP contribution in [0.25, 0.3) is 21.9 Å². The van der Waals surface area contributed by atoms with E-state index in [1.807, 2.05) is 24.3 Å². The van der Waals surface area contributed by atoms with Crippen LogP contribution in [0.1, 0.15) is 18.2 Å². The second-order valence-electron chi connectivity index (χ2n) is 5.38. The van der Waals surface area contributed by atoms with E-state index in [9.17, 15) is 5.26 Å². The van der Waals surface area contributed by atoms with Crippen LogP contribution in [0.2, 0.25) is 0 Å². The van der Waals surface area contributed by atoms with Gasteiger partial charge in [-0.05, 0) is 48.2 Å². The van der Waals surface area contributed by atoms with Crippen molar-refractivity contribution in [2.75, 3.05) is 0 Å². The molecule has 0 bridgehead atoms. The molecule has 0 aliphatic rings. The maximum Gasteiger partial charge on any atom is 0.151 e. The molecule has 116 valence electrons. The Morgan fingerprint density at radius 1 is 1.12 bits per heavy atom. The Hall–Kier alpha value is -2.84. The molecule has 24 heavy (non-hydrogen) atoms. The van der Waals surface area contributed by atoms with E-state index in [0.29, 0.717) is 5.69 Å². The SMILES string of the molecule is CCc1c(C#N)ncc2c1c1cccnc1n2Sc1ccccc1. The molecule has 0 radical (unpaired) electrons. The van der Waals surface area contributed by atoms with Gasteiger partial charge in [0.1, 0.15) is 11.8 Å². The summed E-state index contributed by atoms with van der Waals surface area (Å²) in [7, 11) is 0. The van der Waals surface area contributed by atoms with Crippen molar-refractivity contribution in [3.05, 3.63) is 66.1 Å². The number of benzene rings is 1. The van der Waals surface area contributed by atoms with Crippen LogP contribution in [0.5, 0.6) is 0 Å². The summed E-state index contributed by atoms with van der Waals surface area (Å²) in [6.45, 7) is 2.06. The lowest BCUT2D eigenvalue weighted by Gasteiger charge is -2.06. The first-order chi connectivity index (χ1) is 11.8. The van der Waals surface area contributed by atoms with E-state index >= 15 is 0 Å². The minimum atomic E-state index is 0.498. The average Bonchev–Trinajstić information content (AvgIpc) is 2.96. The monoisotopic (exact) mass is 330 g/mol. The first-order valence-corrected chi connectivity index (χ1v) is 8.51. The minimum Gasteiger partial charge on any atom is -0.261 e. The van der Waals surface area contributed by atoms with Crippen molar-refractivity contribution >= 4 is 33.9 Å². The number of pyridine rings is 2. The van der Waals surface area contributed by atoms with Gasteiger partial charge in [0.25, 0.3) is 0 Å². The van der Waals surface area contributed by atoms with Gasteiger partial charge in [-0.1, -0.05) is 25.1 Å². The van der Waals surface area contributed by atoms with Crippen LogP contribution in [0.4, 0.5) is 0 Å². The van der Waals surface area contributed by atoms with Crippen molar-refractivity contribution in [2.45, 2.75) is 18.2 Å². The Kier molecular flexibility index (Phi) is 3.68. The lowest BCUT2D eigenvalue weighted by Crippen LogP contribution is -1.94. The van der Waals surface area contributed by atoms with E-state index in [0.717, 1.165) is 38.8 Å². The maximum absolute atomic E-state index is 9.38. The zero-order chi connectivity index (χ0) is 16.5. The van der Waals surface area contributed by atoms with E-state index in [2.05, 4.69) is 45.1 Å². The molecule has 3 aromatic heterocycles. The second-order valence-corrected chi connectivity index (χ2v) is 6.40. The molecule has 1 aromatic carbocycles. The number of nitrogens with zero attached hydrogens (tertiary/aromatic N) is 4. The highest BCUT2D eigenvalue weighted by molar-refractivity contribution is 7.98. The van der Waals surface area contributed by atoms with Gasteiger partial charge in [-0.2, -0.15) is 5.26 Å². The van der Waals surface area contributed by atoms with Crippen LogP contribution < -0.4 is 0 Å². The fraction of sp³-hybridized carbons (Fsp3) is 0.105.